The molecule has 236 valence electrons. The lowest BCUT2D eigenvalue weighted by molar-refractivity contribution is 0.0444. The van der Waals surface area contributed by atoms with Crippen LogP contribution in [0.15, 0.2) is 98.6 Å². The third-order valence-corrected chi connectivity index (χ3v) is 8.29. The number of esters is 1. The van der Waals surface area contributed by atoms with Crippen LogP contribution < -0.4 is 5.82 Å². The highest BCUT2D eigenvalue weighted by molar-refractivity contribution is 5.97. The summed E-state index contributed by atoms with van der Waals surface area (Å²) in [7, 11) is 1.99. The van der Waals surface area contributed by atoms with Gasteiger partial charge < -0.3 is 22.7 Å². The number of aryl methyl sites for hydroxylation is 4. The van der Waals surface area contributed by atoms with E-state index in [1.165, 1.54) is 0 Å². The zero-order valence-corrected chi connectivity index (χ0v) is 26.5. The molecule has 0 spiro atoms. The molecule has 7 rings (SSSR count). The molecule has 0 aliphatic rings. The summed E-state index contributed by atoms with van der Waals surface area (Å²) < 4.78 is 38.0. The standard InChI is InChI=1S/C38H34N4O5/c1-5-10-34-40-35-23(2)19-27(36-39-30-13-8-9-14-31(30)41(36)4)20-32(35)42(34)21-25-15-17-26(18-16-25)28-11-6-7-12-29(28)37(43)45-22-33-24(3)46-38(44)47-33/h6-9,11-20H,5,10,21-22H2,1-4H3/i21D2. The average Bonchev–Trinajstić information content (AvgIpc) is 3.75. The van der Waals surface area contributed by atoms with Crippen LogP contribution in [0.1, 0.15) is 54.9 Å². The molecule has 0 fully saturated rings. The quantitative estimate of drug-likeness (QED) is 0.150. The smallest absolute Gasteiger partial charge is 0.454 e. The largest absolute Gasteiger partial charge is 0.519 e. The maximum absolute atomic E-state index is 13.1. The number of carbonyl (C=O) groups excluding carboxylic acids is 1. The van der Waals surface area contributed by atoms with E-state index in [4.69, 9.17) is 23.5 Å². The van der Waals surface area contributed by atoms with Crippen LogP contribution in [-0.2, 0) is 31.3 Å². The molecule has 9 nitrogen and oxygen atoms in total. The molecule has 0 saturated carbocycles. The lowest BCUT2D eigenvalue weighted by atomic mass is 9.98. The van der Waals surface area contributed by atoms with Crippen LogP contribution in [0.5, 0.6) is 0 Å². The van der Waals surface area contributed by atoms with Crippen molar-refractivity contribution in [2.75, 3.05) is 0 Å². The van der Waals surface area contributed by atoms with Gasteiger partial charge in [-0.2, -0.15) is 0 Å². The van der Waals surface area contributed by atoms with E-state index < -0.39 is 18.3 Å². The van der Waals surface area contributed by atoms with Gasteiger partial charge in [0.1, 0.15) is 11.6 Å². The summed E-state index contributed by atoms with van der Waals surface area (Å²) in [6.45, 7) is 3.41. The number of carbonyl (C=O) groups is 1. The number of hydrogen-bond donors (Lipinski definition) is 0. The van der Waals surface area contributed by atoms with E-state index in [-0.39, 0.29) is 18.1 Å². The van der Waals surface area contributed by atoms with Gasteiger partial charge in [-0.15, -0.1) is 0 Å². The Morgan fingerprint density at radius 1 is 0.915 bits per heavy atom. The van der Waals surface area contributed by atoms with Gasteiger partial charge in [-0.1, -0.05) is 61.5 Å². The van der Waals surface area contributed by atoms with Gasteiger partial charge in [0.25, 0.3) is 0 Å². The number of hydrogen-bond acceptors (Lipinski definition) is 7. The summed E-state index contributed by atoms with van der Waals surface area (Å²) >= 11 is 0. The molecule has 0 N–H and O–H groups in total. The molecule has 4 aromatic carbocycles. The Morgan fingerprint density at radius 2 is 1.68 bits per heavy atom. The molecule has 0 aliphatic heterocycles. The van der Waals surface area contributed by atoms with Gasteiger partial charge in [0, 0.05) is 25.5 Å². The zero-order valence-electron chi connectivity index (χ0n) is 28.5. The van der Waals surface area contributed by atoms with Crippen LogP contribution in [-0.4, -0.2) is 25.1 Å². The van der Waals surface area contributed by atoms with Crippen LogP contribution >= 0.6 is 0 Å². The first kappa shape index (κ1) is 27.6. The van der Waals surface area contributed by atoms with E-state index in [1.807, 2.05) is 50.4 Å². The zero-order chi connectivity index (χ0) is 34.4. The number of nitrogens with zero attached hydrogens (tertiary/aromatic N) is 4. The Kier molecular flexibility index (Phi) is 7.19. The molecule has 0 amide bonds. The number of para-hydroxylation sites is 2. The van der Waals surface area contributed by atoms with Gasteiger partial charge in [0.05, 0.1) is 30.4 Å². The SMILES string of the molecule is [2H]C([2H])(c1ccc(-c2ccccc2C(=O)OCc2oc(=O)oc2C)cc1)n1c(CCC)nc2c(C)cc(-c3nc4ccccc4n3C)cc21. The van der Waals surface area contributed by atoms with Crippen molar-refractivity contribution in [2.24, 2.45) is 7.05 Å². The predicted molar refractivity (Wildman–Crippen MR) is 180 cm³/mol. The Balaban J connectivity index is 1.25. The maximum atomic E-state index is 13.1. The number of fused-ring (bicyclic) bond motifs is 2. The highest BCUT2D eigenvalue weighted by atomic mass is 16.6. The van der Waals surface area contributed by atoms with E-state index in [1.54, 1.807) is 54.0 Å². The Morgan fingerprint density at radius 3 is 2.43 bits per heavy atom. The number of benzene rings is 4. The van der Waals surface area contributed by atoms with Crippen molar-refractivity contribution in [1.82, 2.24) is 19.1 Å². The Bertz CT molecular complexity index is 2420. The minimum atomic E-state index is -1.96. The number of aromatic nitrogens is 4. The highest BCUT2D eigenvalue weighted by Crippen LogP contribution is 2.31. The van der Waals surface area contributed by atoms with Crippen LogP contribution in [0, 0.1) is 13.8 Å². The summed E-state index contributed by atoms with van der Waals surface area (Å²) in [4.78, 5) is 34.3. The average molecular weight is 629 g/mol. The fourth-order valence-corrected chi connectivity index (χ4v) is 5.93. The molecule has 0 atom stereocenters. The summed E-state index contributed by atoms with van der Waals surface area (Å²) in [6.07, 6.45) is 1.40. The summed E-state index contributed by atoms with van der Waals surface area (Å²) in [5.41, 5.74) is 7.26. The normalized spacial score (nSPS) is 12.4. The fourth-order valence-electron chi connectivity index (χ4n) is 5.93. The van der Waals surface area contributed by atoms with Crippen molar-refractivity contribution >= 4 is 28.0 Å². The second-order valence-corrected chi connectivity index (χ2v) is 11.5. The van der Waals surface area contributed by atoms with Crippen molar-refractivity contribution in [1.29, 1.82) is 0 Å². The van der Waals surface area contributed by atoms with Gasteiger partial charge in [0.15, 0.2) is 18.1 Å². The molecule has 3 heterocycles. The molecular weight excluding hydrogens is 592 g/mol. The molecule has 0 unspecified atom stereocenters. The summed E-state index contributed by atoms with van der Waals surface area (Å²) in [5, 5.41) is 0. The fraction of sp³-hybridized carbons (Fsp3) is 0.211. The van der Waals surface area contributed by atoms with E-state index >= 15 is 0 Å². The molecule has 3 aromatic heterocycles. The van der Waals surface area contributed by atoms with E-state index in [9.17, 15) is 12.3 Å². The number of ether oxygens (including phenoxy) is 1. The van der Waals surface area contributed by atoms with E-state index in [2.05, 4.69) is 17.6 Å². The van der Waals surface area contributed by atoms with Gasteiger partial charge >= 0.3 is 11.8 Å². The van der Waals surface area contributed by atoms with Gasteiger partial charge in [-0.3, -0.25) is 0 Å². The first-order chi connectivity index (χ1) is 23.6. The second kappa shape index (κ2) is 12.2. The molecule has 47 heavy (non-hydrogen) atoms. The minimum Gasteiger partial charge on any atom is -0.454 e. The molecular formula is C38H34N4O5. The van der Waals surface area contributed by atoms with Crippen molar-refractivity contribution in [2.45, 2.75) is 46.7 Å². The molecule has 0 saturated heterocycles. The van der Waals surface area contributed by atoms with Crippen molar-refractivity contribution < 1.29 is 21.1 Å². The van der Waals surface area contributed by atoms with Crippen molar-refractivity contribution in [3.05, 3.63) is 130 Å². The Hall–Kier alpha value is -5.70. The molecule has 9 heteroatoms. The first-order valence-corrected chi connectivity index (χ1v) is 15.5. The predicted octanol–water partition coefficient (Wildman–Crippen LogP) is 7.78. The second-order valence-electron chi connectivity index (χ2n) is 11.5. The lowest BCUT2D eigenvalue weighted by Gasteiger charge is -2.12. The molecule has 0 radical (unpaired) electrons. The maximum Gasteiger partial charge on any atom is 0.519 e. The molecule has 0 bridgehead atoms. The highest BCUT2D eigenvalue weighted by Gasteiger charge is 2.19. The summed E-state index contributed by atoms with van der Waals surface area (Å²) in [6, 6.07) is 26.1. The number of imidazole rings is 2. The third kappa shape index (κ3) is 5.65. The molecule has 7 aromatic rings. The topological polar surface area (TPSA) is 105 Å². The van der Waals surface area contributed by atoms with Crippen LogP contribution in [0.3, 0.4) is 0 Å². The molecule has 0 aliphatic carbocycles. The van der Waals surface area contributed by atoms with Gasteiger partial charge in [-0.05, 0) is 72.9 Å². The monoisotopic (exact) mass is 628 g/mol. The van der Waals surface area contributed by atoms with E-state index in [0.717, 1.165) is 39.9 Å². The number of rotatable bonds is 9. The summed E-state index contributed by atoms with van der Waals surface area (Å²) in [5.74, 6) is 0.398. The Labute approximate surface area is 273 Å². The van der Waals surface area contributed by atoms with Gasteiger partial charge in [-0.25, -0.2) is 19.6 Å². The first-order valence-electron chi connectivity index (χ1n) is 16.5. The lowest BCUT2D eigenvalue weighted by Crippen LogP contribution is -2.07. The van der Waals surface area contributed by atoms with Crippen LogP contribution in [0.4, 0.5) is 0 Å². The van der Waals surface area contributed by atoms with Crippen molar-refractivity contribution in [3.8, 4) is 22.5 Å². The minimum absolute atomic E-state index is 0.146. The third-order valence-electron chi connectivity index (χ3n) is 8.29. The van der Waals surface area contributed by atoms with E-state index in [0.29, 0.717) is 40.0 Å². The van der Waals surface area contributed by atoms with Gasteiger partial charge in [0.2, 0.25) is 0 Å². The van der Waals surface area contributed by atoms with Crippen molar-refractivity contribution in [3.63, 3.8) is 0 Å². The van der Waals surface area contributed by atoms with Crippen LogP contribution in [0.2, 0.25) is 0 Å². The van der Waals surface area contributed by atoms with Crippen LogP contribution in [0.25, 0.3) is 44.6 Å².